The molecule has 2 nitrogen and oxygen atoms in total. The zero-order chi connectivity index (χ0) is 6.57. The smallest absolute Gasteiger partial charge is 0.426 e. The molecule has 1 atom stereocenters. The fraction of sp³-hybridized carbons (Fsp3) is 1.00. The molecule has 0 aromatic heterocycles. The average Bonchev–Trinajstić information content (AvgIpc) is 1.67. The summed E-state index contributed by atoms with van der Waals surface area (Å²) in [5, 5.41) is 16.3. The average molecular weight is 136 g/mol. The van der Waals surface area contributed by atoms with Crippen molar-refractivity contribution in [3.05, 3.63) is 0 Å². The minimum Gasteiger partial charge on any atom is -0.426 e. The third-order valence-corrected chi connectivity index (χ3v) is 1.33. The highest BCUT2D eigenvalue weighted by Gasteiger charge is 2.18. The second-order valence-corrected chi connectivity index (χ2v) is 2.28. The first-order valence-corrected chi connectivity index (χ1v) is 3.12. The fourth-order valence-corrected chi connectivity index (χ4v) is 0.643. The normalized spacial score (nSPS) is 13.5. The zero-order valence-corrected chi connectivity index (χ0v) is 5.60. The van der Waals surface area contributed by atoms with Gasteiger partial charge in [0.15, 0.2) is 0 Å². The Kier molecular flexibility index (Phi) is 4.33. The lowest BCUT2D eigenvalue weighted by molar-refractivity contribution is 0.398. The van der Waals surface area contributed by atoms with Crippen LogP contribution < -0.4 is 0 Å². The van der Waals surface area contributed by atoms with E-state index in [1.165, 1.54) is 0 Å². The van der Waals surface area contributed by atoms with E-state index in [0.29, 0.717) is 6.42 Å². The minimum absolute atomic E-state index is 0.500. The lowest BCUT2D eigenvalue weighted by Crippen LogP contribution is -2.25. The van der Waals surface area contributed by atoms with Crippen LogP contribution in [0.5, 0.6) is 0 Å². The summed E-state index contributed by atoms with van der Waals surface area (Å²) in [5.74, 6) is 0. The quantitative estimate of drug-likeness (QED) is 0.436. The van der Waals surface area contributed by atoms with Gasteiger partial charge in [0, 0.05) is 0 Å². The molecule has 0 fully saturated rings. The molecule has 0 aliphatic rings. The molecule has 0 saturated heterocycles. The maximum absolute atomic E-state index is 8.38. The summed E-state index contributed by atoms with van der Waals surface area (Å²) < 4.78 is 0. The zero-order valence-electron chi connectivity index (χ0n) is 4.84. The molecule has 0 radical (unpaired) electrons. The van der Waals surface area contributed by atoms with E-state index >= 15 is 0 Å². The lowest BCUT2D eigenvalue weighted by Gasteiger charge is -2.03. The number of hydrogen-bond donors (Lipinski definition) is 2. The molecule has 4 heteroatoms. The Morgan fingerprint density at radius 2 is 2.12 bits per heavy atom. The van der Waals surface area contributed by atoms with Gasteiger partial charge < -0.3 is 10.0 Å². The molecule has 0 aromatic carbocycles. The van der Waals surface area contributed by atoms with E-state index in [1.807, 2.05) is 6.92 Å². The van der Waals surface area contributed by atoms with Crippen molar-refractivity contribution in [3.63, 3.8) is 0 Å². The van der Waals surface area contributed by atoms with E-state index in [4.69, 9.17) is 21.6 Å². The highest BCUT2D eigenvalue weighted by atomic mass is 35.5. The largest absolute Gasteiger partial charge is 0.470 e. The molecule has 0 spiro atoms. The Balaban J connectivity index is 3.17. The standard InChI is InChI=1S/C4H10BClO2/c1-2-3-4(6)5(7)8/h4,7-8H,2-3H2,1H3/t4-/m1/s1. The Bertz CT molecular complexity index is 60.0. The molecule has 0 amide bonds. The predicted molar refractivity (Wildman–Crippen MR) is 34.7 cm³/mol. The number of rotatable bonds is 3. The van der Waals surface area contributed by atoms with Gasteiger partial charge >= 0.3 is 7.12 Å². The van der Waals surface area contributed by atoms with E-state index in [1.54, 1.807) is 0 Å². The van der Waals surface area contributed by atoms with E-state index in [-0.39, 0.29) is 0 Å². The van der Waals surface area contributed by atoms with Gasteiger partial charge in [0.1, 0.15) is 0 Å². The summed E-state index contributed by atoms with van der Waals surface area (Å²) in [7, 11) is -1.36. The Morgan fingerprint density at radius 1 is 1.62 bits per heavy atom. The third-order valence-electron chi connectivity index (χ3n) is 0.888. The van der Waals surface area contributed by atoms with E-state index in [0.717, 1.165) is 6.42 Å². The summed E-state index contributed by atoms with van der Waals surface area (Å²) >= 11 is 5.42. The van der Waals surface area contributed by atoms with Crippen molar-refractivity contribution in [1.82, 2.24) is 0 Å². The van der Waals surface area contributed by atoms with Crippen LogP contribution in [-0.4, -0.2) is 22.4 Å². The van der Waals surface area contributed by atoms with Crippen molar-refractivity contribution in [1.29, 1.82) is 0 Å². The molecule has 0 aromatic rings. The maximum Gasteiger partial charge on any atom is 0.470 e. The molecule has 0 rings (SSSR count). The van der Waals surface area contributed by atoms with Gasteiger partial charge in [0.25, 0.3) is 0 Å². The SMILES string of the molecule is CCC[C@@H](Cl)B(O)O. The first-order valence-electron chi connectivity index (χ1n) is 2.68. The summed E-state index contributed by atoms with van der Waals surface area (Å²) in [4.78, 5) is 0. The van der Waals surface area contributed by atoms with Gasteiger partial charge in [-0.3, -0.25) is 0 Å². The van der Waals surface area contributed by atoms with Gasteiger partial charge in [0.05, 0.1) is 5.28 Å². The Labute approximate surface area is 54.6 Å². The summed E-state index contributed by atoms with van der Waals surface area (Å²) in [6.45, 7) is 1.94. The molecular weight excluding hydrogens is 126 g/mol. The molecular formula is C4H10BClO2. The van der Waals surface area contributed by atoms with Crippen LogP contribution in [0.25, 0.3) is 0 Å². The second-order valence-electron chi connectivity index (χ2n) is 1.72. The lowest BCUT2D eigenvalue weighted by atomic mass is 9.83. The van der Waals surface area contributed by atoms with Crippen molar-refractivity contribution >= 4 is 18.7 Å². The van der Waals surface area contributed by atoms with Crippen molar-refractivity contribution in [2.24, 2.45) is 0 Å². The molecule has 0 saturated carbocycles. The number of halogens is 1. The van der Waals surface area contributed by atoms with Gasteiger partial charge in [0.2, 0.25) is 0 Å². The van der Waals surface area contributed by atoms with Gasteiger partial charge in [-0.05, 0) is 6.42 Å². The molecule has 2 N–H and O–H groups in total. The highest BCUT2D eigenvalue weighted by molar-refractivity contribution is 6.57. The van der Waals surface area contributed by atoms with Crippen LogP contribution in [0.4, 0.5) is 0 Å². The topological polar surface area (TPSA) is 40.5 Å². The highest BCUT2D eigenvalue weighted by Crippen LogP contribution is 2.04. The fourth-order valence-electron chi connectivity index (χ4n) is 0.425. The first-order chi connectivity index (χ1) is 3.68. The van der Waals surface area contributed by atoms with Crippen LogP contribution in [0, 0.1) is 0 Å². The van der Waals surface area contributed by atoms with Crippen LogP contribution in [0.15, 0.2) is 0 Å². The van der Waals surface area contributed by atoms with Crippen molar-refractivity contribution in [2.45, 2.75) is 25.0 Å². The van der Waals surface area contributed by atoms with Crippen molar-refractivity contribution < 1.29 is 10.0 Å². The second kappa shape index (κ2) is 4.18. The number of hydrogen-bond acceptors (Lipinski definition) is 2. The Hall–Kier alpha value is 0.275. The number of alkyl halides is 1. The van der Waals surface area contributed by atoms with Gasteiger partial charge in [-0.25, -0.2) is 0 Å². The monoisotopic (exact) mass is 136 g/mol. The molecule has 0 bridgehead atoms. The van der Waals surface area contributed by atoms with Gasteiger partial charge in [-0.2, -0.15) is 0 Å². The maximum atomic E-state index is 8.38. The predicted octanol–water partition coefficient (Wildman–Crippen LogP) is 0.406. The molecule has 48 valence electrons. The molecule has 0 unspecified atom stereocenters. The summed E-state index contributed by atoms with van der Waals surface area (Å²) in [6, 6.07) is 0. The van der Waals surface area contributed by atoms with Crippen LogP contribution in [0.1, 0.15) is 19.8 Å². The van der Waals surface area contributed by atoms with Gasteiger partial charge in [-0.1, -0.05) is 13.3 Å². The van der Waals surface area contributed by atoms with E-state index < -0.39 is 12.4 Å². The van der Waals surface area contributed by atoms with E-state index in [2.05, 4.69) is 0 Å². The van der Waals surface area contributed by atoms with Crippen molar-refractivity contribution in [3.8, 4) is 0 Å². The molecule has 0 aliphatic heterocycles. The van der Waals surface area contributed by atoms with Gasteiger partial charge in [-0.15, -0.1) is 11.6 Å². The minimum atomic E-state index is -1.36. The van der Waals surface area contributed by atoms with Crippen molar-refractivity contribution in [2.75, 3.05) is 0 Å². The van der Waals surface area contributed by atoms with Crippen LogP contribution in [0.2, 0.25) is 0 Å². The third kappa shape index (κ3) is 3.30. The Morgan fingerprint density at radius 3 is 2.25 bits per heavy atom. The molecule has 0 heterocycles. The summed E-state index contributed by atoms with van der Waals surface area (Å²) in [6.07, 6.45) is 1.53. The van der Waals surface area contributed by atoms with E-state index in [9.17, 15) is 0 Å². The van der Waals surface area contributed by atoms with Crippen LogP contribution in [0.3, 0.4) is 0 Å². The first kappa shape index (κ1) is 8.27. The molecule has 8 heavy (non-hydrogen) atoms. The summed E-state index contributed by atoms with van der Waals surface area (Å²) in [5.41, 5.74) is 0. The van der Waals surface area contributed by atoms with Crippen LogP contribution in [-0.2, 0) is 0 Å². The molecule has 0 aliphatic carbocycles. The van der Waals surface area contributed by atoms with Crippen LogP contribution >= 0.6 is 11.6 Å².